The standard InChI is InChI=1S/C21H29BrN2O5/c1-5-9-10-15-17(20(25)29-8-4)18(24-21(26)23-15)13-11-14(22)19(28-7-3)16(12-13)27-6-2/h11-12,18H,5-10H2,1-4H3,(H2,23,24,26). The Morgan fingerprint density at radius 1 is 1.10 bits per heavy atom. The molecule has 8 heteroatoms. The van der Waals surface area contributed by atoms with Crippen molar-refractivity contribution < 1.29 is 23.8 Å². The van der Waals surface area contributed by atoms with Gasteiger partial charge in [-0.15, -0.1) is 0 Å². The number of hydrogen-bond donors (Lipinski definition) is 2. The number of halogens is 1. The molecule has 1 aromatic rings. The molecule has 1 unspecified atom stereocenters. The zero-order valence-electron chi connectivity index (χ0n) is 17.4. The first-order valence-corrected chi connectivity index (χ1v) is 10.8. The molecule has 160 valence electrons. The Kier molecular flexibility index (Phi) is 8.82. The Balaban J connectivity index is 2.58. The minimum absolute atomic E-state index is 0.251. The van der Waals surface area contributed by atoms with Crippen LogP contribution in [0, 0.1) is 0 Å². The smallest absolute Gasteiger partial charge is 0.338 e. The summed E-state index contributed by atoms with van der Waals surface area (Å²) in [4.78, 5) is 25.1. The average molecular weight is 469 g/mol. The van der Waals surface area contributed by atoms with Crippen molar-refractivity contribution in [1.29, 1.82) is 0 Å². The number of ether oxygens (including phenoxy) is 3. The van der Waals surface area contributed by atoms with Crippen LogP contribution in [0.15, 0.2) is 27.9 Å². The van der Waals surface area contributed by atoms with Gasteiger partial charge in [-0.2, -0.15) is 0 Å². The van der Waals surface area contributed by atoms with Crippen LogP contribution in [0.3, 0.4) is 0 Å². The highest BCUT2D eigenvalue weighted by Gasteiger charge is 2.34. The Morgan fingerprint density at radius 3 is 2.45 bits per heavy atom. The van der Waals surface area contributed by atoms with Crippen LogP contribution >= 0.6 is 15.9 Å². The van der Waals surface area contributed by atoms with Crippen LogP contribution in [0.1, 0.15) is 58.6 Å². The van der Waals surface area contributed by atoms with Gasteiger partial charge in [0.05, 0.1) is 35.9 Å². The summed E-state index contributed by atoms with van der Waals surface area (Å²) >= 11 is 3.53. The van der Waals surface area contributed by atoms with E-state index in [9.17, 15) is 9.59 Å². The van der Waals surface area contributed by atoms with Crippen LogP contribution < -0.4 is 20.1 Å². The second kappa shape index (κ2) is 11.1. The molecule has 1 heterocycles. The van der Waals surface area contributed by atoms with Crippen molar-refractivity contribution in [2.75, 3.05) is 19.8 Å². The minimum atomic E-state index is -0.652. The second-order valence-corrected chi connectivity index (χ2v) is 7.30. The van der Waals surface area contributed by atoms with Crippen LogP contribution in [0.25, 0.3) is 0 Å². The summed E-state index contributed by atoms with van der Waals surface area (Å²) in [5, 5.41) is 5.64. The molecule has 2 rings (SSSR count). The van der Waals surface area contributed by atoms with Gasteiger partial charge in [-0.05, 0) is 67.2 Å². The van der Waals surface area contributed by atoms with Crippen LogP contribution in [-0.2, 0) is 9.53 Å². The minimum Gasteiger partial charge on any atom is -0.490 e. The van der Waals surface area contributed by atoms with E-state index in [4.69, 9.17) is 14.2 Å². The fourth-order valence-corrected chi connectivity index (χ4v) is 3.74. The summed E-state index contributed by atoms with van der Waals surface area (Å²) in [6.07, 6.45) is 2.38. The van der Waals surface area contributed by atoms with Crippen LogP contribution in [0.2, 0.25) is 0 Å². The summed E-state index contributed by atoms with van der Waals surface area (Å²) in [5.41, 5.74) is 1.72. The number of benzene rings is 1. The van der Waals surface area contributed by atoms with Gasteiger partial charge >= 0.3 is 12.0 Å². The molecule has 1 aliphatic heterocycles. The van der Waals surface area contributed by atoms with E-state index in [-0.39, 0.29) is 12.6 Å². The summed E-state index contributed by atoms with van der Waals surface area (Å²) in [5.74, 6) is 0.690. The van der Waals surface area contributed by atoms with Gasteiger partial charge in [0.1, 0.15) is 0 Å². The predicted octanol–water partition coefficient (Wildman–Crippen LogP) is 4.61. The van der Waals surface area contributed by atoms with Crippen LogP contribution in [0.4, 0.5) is 4.79 Å². The highest BCUT2D eigenvalue weighted by Crippen LogP contribution is 2.40. The molecule has 0 saturated carbocycles. The maximum absolute atomic E-state index is 12.8. The molecule has 0 bridgehead atoms. The number of urea groups is 1. The molecule has 0 spiro atoms. The van der Waals surface area contributed by atoms with Gasteiger partial charge in [-0.3, -0.25) is 0 Å². The number of esters is 1. The Morgan fingerprint density at radius 2 is 1.83 bits per heavy atom. The molecule has 2 N–H and O–H groups in total. The topological polar surface area (TPSA) is 85.9 Å². The third-order valence-corrected chi connectivity index (χ3v) is 4.97. The summed E-state index contributed by atoms with van der Waals surface area (Å²) < 4.78 is 17.4. The van der Waals surface area contributed by atoms with E-state index in [1.807, 2.05) is 19.9 Å². The highest BCUT2D eigenvalue weighted by molar-refractivity contribution is 9.10. The number of unbranched alkanes of at least 4 members (excludes halogenated alkanes) is 1. The van der Waals surface area contributed by atoms with Crippen LogP contribution in [-0.4, -0.2) is 31.8 Å². The molecule has 2 amide bonds. The first-order valence-electron chi connectivity index (χ1n) is 10.0. The number of rotatable bonds is 10. The molecule has 29 heavy (non-hydrogen) atoms. The number of hydrogen-bond acceptors (Lipinski definition) is 5. The van der Waals surface area contributed by atoms with E-state index in [1.165, 1.54) is 0 Å². The second-order valence-electron chi connectivity index (χ2n) is 6.44. The number of nitrogens with one attached hydrogen (secondary N) is 2. The lowest BCUT2D eigenvalue weighted by Crippen LogP contribution is -2.46. The van der Waals surface area contributed by atoms with Gasteiger partial charge in [-0.25, -0.2) is 9.59 Å². The molecule has 0 radical (unpaired) electrons. The number of allylic oxidation sites excluding steroid dienone is 1. The summed E-state index contributed by atoms with van der Waals surface area (Å²) in [6.45, 7) is 8.78. The normalized spacial score (nSPS) is 16.2. The molecule has 0 fully saturated rings. The lowest BCUT2D eigenvalue weighted by Gasteiger charge is -2.30. The largest absolute Gasteiger partial charge is 0.490 e. The van der Waals surface area contributed by atoms with Gasteiger partial charge in [0.15, 0.2) is 11.5 Å². The van der Waals surface area contributed by atoms with E-state index >= 15 is 0 Å². The molecule has 1 aliphatic rings. The third kappa shape index (κ3) is 5.65. The van der Waals surface area contributed by atoms with Crippen molar-refractivity contribution in [3.8, 4) is 11.5 Å². The van der Waals surface area contributed by atoms with Gasteiger partial charge < -0.3 is 24.8 Å². The van der Waals surface area contributed by atoms with Crippen molar-refractivity contribution in [2.24, 2.45) is 0 Å². The molecule has 1 aromatic carbocycles. The van der Waals surface area contributed by atoms with Gasteiger partial charge in [0.25, 0.3) is 0 Å². The maximum Gasteiger partial charge on any atom is 0.338 e. The van der Waals surface area contributed by atoms with E-state index in [2.05, 4.69) is 33.5 Å². The molecule has 1 atom stereocenters. The monoisotopic (exact) mass is 468 g/mol. The summed E-state index contributed by atoms with van der Waals surface area (Å²) in [7, 11) is 0. The maximum atomic E-state index is 12.8. The lowest BCUT2D eigenvalue weighted by atomic mass is 9.93. The number of carbonyl (C=O) groups is 2. The molecule has 0 saturated heterocycles. The van der Waals surface area contributed by atoms with E-state index < -0.39 is 12.0 Å². The molecular formula is C21H29BrN2O5. The van der Waals surface area contributed by atoms with Crippen molar-refractivity contribution in [3.63, 3.8) is 0 Å². The zero-order chi connectivity index (χ0) is 21.4. The Labute approximate surface area is 180 Å². The predicted molar refractivity (Wildman–Crippen MR) is 114 cm³/mol. The fraction of sp³-hybridized carbons (Fsp3) is 0.524. The van der Waals surface area contributed by atoms with Crippen LogP contribution in [0.5, 0.6) is 11.5 Å². The third-order valence-electron chi connectivity index (χ3n) is 4.38. The van der Waals surface area contributed by atoms with Gasteiger partial charge in [0.2, 0.25) is 0 Å². The lowest BCUT2D eigenvalue weighted by molar-refractivity contribution is -0.139. The first-order chi connectivity index (χ1) is 14.0. The van der Waals surface area contributed by atoms with Crippen molar-refractivity contribution in [1.82, 2.24) is 10.6 Å². The SMILES string of the molecule is CCCCC1=C(C(=O)OCC)C(c2cc(Br)c(OCC)c(OCC)c2)NC(=O)N1. The number of amides is 2. The van der Waals surface area contributed by atoms with Crippen molar-refractivity contribution >= 4 is 27.9 Å². The van der Waals surface area contributed by atoms with Gasteiger partial charge in [-0.1, -0.05) is 13.3 Å². The van der Waals surface area contributed by atoms with Gasteiger partial charge in [0, 0.05) is 5.70 Å². The molecular weight excluding hydrogens is 440 g/mol. The Bertz CT molecular complexity index is 779. The quantitative estimate of drug-likeness (QED) is 0.489. The summed E-state index contributed by atoms with van der Waals surface area (Å²) in [6, 6.07) is 2.63. The molecule has 0 aromatic heterocycles. The van der Waals surface area contributed by atoms with E-state index in [0.29, 0.717) is 52.4 Å². The number of carbonyl (C=O) groups excluding carboxylic acids is 2. The van der Waals surface area contributed by atoms with E-state index in [1.54, 1.807) is 13.0 Å². The van der Waals surface area contributed by atoms with Crippen molar-refractivity contribution in [2.45, 2.75) is 53.0 Å². The fourth-order valence-electron chi connectivity index (χ4n) is 3.17. The highest BCUT2D eigenvalue weighted by atomic mass is 79.9. The van der Waals surface area contributed by atoms with E-state index in [0.717, 1.165) is 12.8 Å². The Hall–Kier alpha value is -2.22. The van der Waals surface area contributed by atoms with Crippen molar-refractivity contribution in [3.05, 3.63) is 33.4 Å². The molecule has 0 aliphatic carbocycles. The average Bonchev–Trinajstić information content (AvgIpc) is 2.68. The first kappa shape index (κ1) is 23.1. The zero-order valence-corrected chi connectivity index (χ0v) is 19.0. The molecule has 7 nitrogen and oxygen atoms in total.